The van der Waals surface area contributed by atoms with Crippen molar-refractivity contribution in [2.24, 2.45) is 0 Å². The number of nitrogens with zero attached hydrogens (tertiary/aromatic N) is 3. The zero-order chi connectivity index (χ0) is 17.3. The first-order chi connectivity index (χ1) is 11.5. The van der Waals surface area contributed by atoms with Gasteiger partial charge in [0.05, 0.1) is 0 Å². The van der Waals surface area contributed by atoms with Gasteiger partial charge in [0.2, 0.25) is 5.91 Å². The highest BCUT2D eigenvalue weighted by molar-refractivity contribution is 5.90. The van der Waals surface area contributed by atoms with Crippen LogP contribution in [0.5, 0.6) is 0 Å². The van der Waals surface area contributed by atoms with Gasteiger partial charge in [-0.15, -0.1) is 6.58 Å². The first kappa shape index (κ1) is 17.4. The van der Waals surface area contributed by atoms with Gasteiger partial charge in [-0.2, -0.15) is 0 Å². The second kappa shape index (κ2) is 6.84. The Morgan fingerprint density at radius 1 is 1.42 bits per heavy atom. The molecule has 2 atom stereocenters. The van der Waals surface area contributed by atoms with Crippen molar-refractivity contribution >= 4 is 11.8 Å². The Kier molecular flexibility index (Phi) is 4.97. The molecule has 0 aliphatic carbocycles. The van der Waals surface area contributed by atoms with Gasteiger partial charge in [-0.3, -0.25) is 14.5 Å². The Labute approximate surface area is 144 Å². The van der Waals surface area contributed by atoms with Crippen molar-refractivity contribution in [3.63, 3.8) is 0 Å². The number of hydrogen-bond donors (Lipinski definition) is 0. The third-order valence-electron chi connectivity index (χ3n) is 5.61. The summed E-state index contributed by atoms with van der Waals surface area (Å²) in [5, 5.41) is 0. The van der Waals surface area contributed by atoms with Crippen LogP contribution in [-0.4, -0.2) is 83.5 Å². The van der Waals surface area contributed by atoms with Crippen LogP contribution < -0.4 is 0 Å². The minimum atomic E-state index is -0.592. The number of ether oxygens (including phenoxy) is 1. The van der Waals surface area contributed by atoms with Gasteiger partial charge < -0.3 is 14.5 Å². The highest BCUT2D eigenvalue weighted by atomic mass is 16.5. The fourth-order valence-electron chi connectivity index (χ4n) is 4.25. The SMILES string of the molecule is C=CCN1CCN(C(C)C)C(=O)[C@]12CCN(C(=O)[C@H]1CCCO1)C2. The molecule has 2 amide bonds. The summed E-state index contributed by atoms with van der Waals surface area (Å²) in [5.74, 6) is 0.214. The van der Waals surface area contributed by atoms with E-state index in [1.54, 1.807) is 0 Å². The van der Waals surface area contributed by atoms with Crippen LogP contribution in [0.2, 0.25) is 0 Å². The molecule has 3 saturated heterocycles. The number of carbonyl (C=O) groups is 2. The maximum Gasteiger partial charge on any atom is 0.251 e. The molecule has 6 heteroatoms. The average molecular weight is 335 g/mol. The Balaban J connectivity index is 1.80. The molecule has 3 aliphatic heterocycles. The summed E-state index contributed by atoms with van der Waals surface area (Å²) < 4.78 is 5.55. The number of rotatable bonds is 4. The molecule has 0 saturated carbocycles. The Morgan fingerprint density at radius 2 is 2.21 bits per heavy atom. The predicted octanol–water partition coefficient (Wildman–Crippen LogP) is 0.875. The number of hydrogen-bond acceptors (Lipinski definition) is 4. The van der Waals surface area contributed by atoms with E-state index in [-0.39, 0.29) is 24.0 Å². The summed E-state index contributed by atoms with van der Waals surface area (Å²) in [6, 6.07) is 0.183. The maximum absolute atomic E-state index is 13.2. The summed E-state index contributed by atoms with van der Waals surface area (Å²) in [6.07, 6.45) is 3.97. The molecular formula is C18H29N3O3. The van der Waals surface area contributed by atoms with Crippen molar-refractivity contribution in [1.29, 1.82) is 0 Å². The molecule has 3 heterocycles. The first-order valence-corrected chi connectivity index (χ1v) is 9.07. The van der Waals surface area contributed by atoms with Crippen LogP contribution in [-0.2, 0) is 14.3 Å². The minimum Gasteiger partial charge on any atom is -0.368 e. The third-order valence-corrected chi connectivity index (χ3v) is 5.61. The number of amides is 2. The molecule has 3 aliphatic rings. The lowest BCUT2D eigenvalue weighted by Gasteiger charge is -2.48. The van der Waals surface area contributed by atoms with Gasteiger partial charge >= 0.3 is 0 Å². The van der Waals surface area contributed by atoms with Crippen LogP contribution >= 0.6 is 0 Å². The monoisotopic (exact) mass is 335 g/mol. The van der Waals surface area contributed by atoms with Crippen LogP contribution in [0, 0.1) is 0 Å². The van der Waals surface area contributed by atoms with E-state index in [4.69, 9.17) is 4.74 Å². The highest BCUT2D eigenvalue weighted by Crippen LogP contribution is 2.34. The largest absolute Gasteiger partial charge is 0.368 e. The van der Waals surface area contributed by atoms with Crippen molar-refractivity contribution in [1.82, 2.24) is 14.7 Å². The number of likely N-dealkylation sites (tertiary alicyclic amines) is 1. The highest BCUT2D eigenvalue weighted by Gasteiger charge is 2.54. The van der Waals surface area contributed by atoms with Gasteiger partial charge in [-0.25, -0.2) is 0 Å². The van der Waals surface area contributed by atoms with Crippen molar-refractivity contribution in [2.75, 3.05) is 39.3 Å². The molecule has 0 radical (unpaired) electrons. The average Bonchev–Trinajstić information content (AvgIpc) is 3.22. The third kappa shape index (κ3) is 2.86. The fourth-order valence-corrected chi connectivity index (χ4v) is 4.25. The van der Waals surface area contributed by atoms with E-state index in [2.05, 4.69) is 25.3 Å². The summed E-state index contributed by atoms with van der Waals surface area (Å²) in [5.41, 5.74) is -0.592. The van der Waals surface area contributed by atoms with E-state index >= 15 is 0 Å². The molecule has 0 aromatic heterocycles. The van der Waals surface area contributed by atoms with Crippen LogP contribution in [0.15, 0.2) is 12.7 Å². The Bertz CT molecular complexity index is 516. The molecule has 0 N–H and O–H groups in total. The van der Waals surface area contributed by atoms with E-state index < -0.39 is 5.54 Å². The van der Waals surface area contributed by atoms with E-state index in [9.17, 15) is 9.59 Å². The van der Waals surface area contributed by atoms with Crippen molar-refractivity contribution in [3.05, 3.63) is 12.7 Å². The van der Waals surface area contributed by atoms with E-state index in [0.29, 0.717) is 32.7 Å². The van der Waals surface area contributed by atoms with Crippen LogP contribution in [0.1, 0.15) is 33.1 Å². The Hall–Kier alpha value is -1.40. The zero-order valence-corrected chi connectivity index (χ0v) is 14.9. The summed E-state index contributed by atoms with van der Waals surface area (Å²) >= 11 is 0. The van der Waals surface area contributed by atoms with Gasteiger partial charge in [-0.05, 0) is 33.1 Å². The molecule has 6 nitrogen and oxygen atoms in total. The molecule has 0 aromatic carbocycles. The molecule has 1 spiro atoms. The number of carbonyl (C=O) groups excluding carboxylic acids is 2. The standard InChI is InChI=1S/C18H29N3O3/c1-4-8-20-10-11-21(14(2)3)17(23)18(20)7-9-19(13-18)16(22)15-6-5-12-24-15/h4,14-15H,1,5-13H2,2-3H3/t15-,18-/m1/s1. The normalized spacial score (nSPS) is 31.5. The predicted molar refractivity (Wildman–Crippen MR) is 91.5 cm³/mol. The van der Waals surface area contributed by atoms with Crippen LogP contribution in [0.25, 0.3) is 0 Å². The maximum atomic E-state index is 13.2. The Morgan fingerprint density at radius 3 is 2.83 bits per heavy atom. The van der Waals surface area contributed by atoms with Gasteiger partial charge in [0.15, 0.2) is 0 Å². The van der Waals surface area contributed by atoms with E-state index in [1.807, 2.05) is 15.9 Å². The second-order valence-corrected chi connectivity index (χ2v) is 7.37. The van der Waals surface area contributed by atoms with Gasteiger partial charge in [0.25, 0.3) is 5.91 Å². The van der Waals surface area contributed by atoms with Crippen molar-refractivity contribution < 1.29 is 14.3 Å². The zero-order valence-electron chi connectivity index (χ0n) is 14.9. The lowest BCUT2D eigenvalue weighted by molar-refractivity contribution is -0.153. The number of piperazine rings is 1. The smallest absolute Gasteiger partial charge is 0.251 e. The summed E-state index contributed by atoms with van der Waals surface area (Å²) in [6.45, 7) is 12.0. The summed E-state index contributed by atoms with van der Waals surface area (Å²) in [4.78, 5) is 32.0. The molecule has 134 valence electrons. The van der Waals surface area contributed by atoms with Crippen LogP contribution in [0.4, 0.5) is 0 Å². The molecule has 0 unspecified atom stereocenters. The summed E-state index contributed by atoms with van der Waals surface area (Å²) in [7, 11) is 0. The van der Waals surface area contributed by atoms with Crippen molar-refractivity contribution in [3.8, 4) is 0 Å². The molecular weight excluding hydrogens is 306 g/mol. The molecule has 3 rings (SSSR count). The van der Waals surface area contributed by atoms with Gasteiger partial charge in [-0.1, -0.05) is 6.08 Å². The van der Waals surface area contributed by atoms with Crippen molar-refractivity contribution in [2.45, 2.75) is 50.8 Å². The quantitative estimate of drug-likeness (QED) is 0.716. The van der Waals surface area contributed by atoms with Crippen LogP contribution in [0.3, 0.4) is 0 Å². The second-order valence-electron chi connectivity index (χ2n) is 7.37. The minimum absolute atomic E-state index is 0.0531. The lowest BCUT2D eigenvalue weighted by atomic mass is 9.90. The molecule has 0 bridgehead atoms. The molecule has 24 heavy (non-hydrogen) atoms. The lowest BCUT2D eigenvalue weighted by Crippen LogP contribution is -2.68. The van der Waals surface area contributed by atoms with E-state index in [1.165, 1.54) is 0 Å². The first-order valence-electron chi connectivity index (χ1n) is 9.07. The van der Waals surface area contributed by atoms with Gasteiger partial charge in [0, 0.05) is 45.4 Å². The van der Waals surface area contributed by atoms with Gasteiger partial charge in [0.1, 0.15) is 11.6 Å². The fraction of sp³-hybridized carbons (Fsp3) is 0.778. The van der Waals surface area contributed by atoms with E-state index in [0.717, 1.165) is 25.9 Å². The molecule has 3 fully saturated rings. The topological polar surface area (TPSA) is 53.1 Å². The molecule has 0 aromatic rings.